The van der Waals surface area contributed by atoms with E-state index in [-0.39, 0.29) is 0 Å². The van der Waals surface area contributed by atoms with Crippen molar-refractivity contribution in [3.63, 3.8) is 0 Å². The molecule has 2 aromatic carbocycles. The van der Waals surface area contributed by atoms with Crippen LogP contribution in [-0.4, -0.2) is 38.3 Å². The molecule has 0 saturated heterocycles. The fourth-order valence-corrected chi connectivity index (χ4v) is 2.78. The predicted molar refractivity (Wildman–Crippen MR) is 106 cm³/mol. The highest BCUT2D eigenvalue weighted by molar-refractivity contribution is 5.99. The van der Waals surface area contributed by atoms with Crippen LogP contribution in [0.4, 0.5) is 5.69 Å². The van der Waals surface area contributed by atoms with Crippen LogP contribution in [0.2, 0.25) is 0 Å². The molecule has 1 aliphatic heterocycles. The summed E-state index contributed by atoms with van der Waals surface area (Å²) < 4.78 is 10.3. The first-order valence-electron chi connectivity index (χ1n) is 8.76. The molecule has 0 aromatic heterocycles. The zero-order chi connectivity index (χ0) is 20.1. The quantitative estimate of drug-likeness (QED) is 0.775. The van der Waals surface area contributed by atoms with Gasteiger partial charge in [0.25, 0.3) is 11.8 Å². The Labute approximate surface area is 163 Å². The van der Waals surface area contributed by atoms with Crippen LogP contribution in [0.1, 0.15) is 34.1 Å². The summed E-state index contributed by atoms with van der Waals surface area (Å²) in [6, 6.07) is 11.8. The van der Waals surface area contributed by atoms with Crippen LogP contribution < -0.4 is 25.3 Å². The molecule has 3 rings (SSSR count). The van der Waals surface area contributed by atoms with E-state index >= 15 is 0 Å². The Balaban J connectivity index is 1.60. The SMILES string of the molecule is COc1ccc(C(=O)NNC(=O)c2ccc(N3CCC(C)=N3)cc2)cc1OC. The van der Waals surface area contributed by atoms with E-state index in [0.717, 1.165) is 24.4 Å². The number of amides is 2. The molecule has 0 spiro atoms. The number of carbonyl (C=O) groups is 2. The third kappa shape index (κ3) is 4.22. The monoisotopic (exact) mass is 382 g/mol. The molecular formula is C20H22N4O4. The molecule has 28 heavy (non-hydrogen) atoms. The fourth-order valence-electron chi connectivity index (χ4n) is 2.78. The summed E-state index contributed by atoms with van der Waals surface area (Å²) in [7, 11) is 3.00. The molecule has 1 heterocycles. The van der Waals surface area contributed by atoms with Gasteiger partial charge in [-0.3, -0.25) is 25.4 Å². The van der Waals surface area contributed by atoms with Gasteiger partial charge < -0.3 is 9.47 Å². The maximum Gasteiger partial charge on any atom is 0.269 e. The van der Waals surface area contributed by atoms with Gasteiger partial charge in [-0.1, -0.05) is 0 Å². The van der Waals surface area contributed by atoms with Gasteiger partial charge in [0.05, 0.1) is 19.9 Å². The van der Waals surface area contributed by atoms with Crippen molar-refractivity contribution in [2.24, 2.45) is 5.10 Å². The Kier molecular flexibility index (Phi) is 5.78. The Morgan fingerprint density at radius 3 is 2.11 bits per heavy atom. The molecule has 0 saturated carbocycles. The molecule has 0 aliphatic carbocycles. The van der Waals surface area contributed by atoms with Gasteiger partial charge in [-0.25, -0.2) is 0 Å². The number of carbonyl (C=O) groups excluding carboxylic acids is 2. The lowest BCUT2D eigenvalue weighted by molar-refractivity contribution is 0.0846. The number of hydrazine groups is 1. The molecule has 2 aromatic rings. The van der Waals surface area contributed by atoms with Crippen molar-refractivity contribution in [3.8, 4) is 11.5 Å². The number of nitrogens with zero attached hydrogens (tertiary/aromatic N) is 2. The molecule has 2 N–H and O–H groups in total. The van der Waals surface area contributed by atoms with Gasteiger partial charge in [0.15, 0.2) is 11.5 Å². The fraction of sp³-hybridized carbons (Fsp3) is 0.250. The van der Waals surface area contributed by atoms with Crippen molar-refractivity contribution in [1.29, 1.82) is 0 Å². The third-order valence-corrected chi connectivity index (χ3v) is 4.34. The van der Waals surface area contributed by atoms with Crippen LogP contribution in [-0.2, 0) is 0 Å². The highest BCUT2D eigenvalue weighted by Crippen LogP contribution is 2.27. The Morgan fingerprint density at radius 1 is 0.929 bits per heavy atom. The number of anilines is 1. The average Bonchev–Trinajstić information content (AvgIpc) is 3.17. The van der Waals surface area contributed by atoms with Crippen LogP contribution in [0, 0.1) is 0 Å². The second kappa shape index (κ2) is 8.43. The van der Waals surface area contributed by atoms with Crippen LogP contribution in [0.25, 0.3) is 0 Å². The van der Waals surface area contributed by atoms with E-state index < -0.39 is 11.8 Å². The normalized spacial score (nSPS) is 13.0. The first kappa shape index (κ1) is 19.2. The summed E-state index contributed by atoms with van der Waals surface area (Å²) in [4.78, 5) is 24.5. The number of hydrogen-bond acceptors (Lipinski definition) is 6. The summed E-state index contributed by atoms with van der Waals surface area (Å²) in [6.45, 7) is 2.82. The zero-order valence-corrected chi connectivity index (χ0v) is 16.0. The van der Waals surface area contributed by atoms with E-state index in [2.05, 4.69) is 16.0 Å². The summed E-state index contributed by atoms with van der Waals surface area (Å²) in [6.07, 6.45) is 0.935. The van der Waals surface area contributed by atoms with Gasteiger partial charge in [-0.15, -0.1) is 0 Å². The minimum absolute atomic E-state index is 0.329. The predicted octanol–water partition coefficient (Wildman–Crippen LogP) is 2.36. The average molecular weight is 382 g/mol. The first-order valence-corrected chi connectivity index (χ1v) is 8.76. The van der Waals surface area contributed by atoms with Crippen LogP contribution >= 0.6 is 0 Å². The lowest BCUT2D eigenvalue weighted by atomic mass is 10.2. The molecule has 2 amide bonds. The minimum Gasteiger partial charge on any atom is -0.493 e. The van der Waals surface area contributed by atoms with E-state index in [1.165, 1.54) is 20.3 Å². The number of hydrazone groups is 1. The Hall–Kier alpha value is -3.55. The lowest BCUT2D eigenvalue weighted by Crippen LogP contribution is -2.41. The van der Waals surface area contributed by atoms with Crippen LogP contribution in [0.15, 0.2) is 47.6 Å². The van der Waals surface area contributed by atoms with E-state index in [4.69, 9.17) is 9.47 Å². The maximum atomic E-state index is 12.3. The number of ether oxygens (including phenoxy) is 2. The van der Waals surface area contributed by atoms with Crippen LogP contribution in [0.3, 0.4) is 0 Å². The van der Waals surface area contributed by atoms with Crippen molar-refractivity contribution in [2.75, 3.05) is 25.8 Å². The van der Waals surface area contributed by atoms with E-state index in [1.54, 1.807) is 24.3 Å². The molecular weight excluding hydrogens is 360 g/mol. The Bertz CT molecular complexity index is 909. The van der Waals surface area contributed by atoms with Crippen molar-refractivity contribution in [1.82, 2.24) is 10.9 Å². The number of benzene rings is 2. The molecule has 0 radical (unpaired) electrons. The molecule has 8 heteroatoms. The topological polar surface area (TPSA) is 92.3 Å². The highest BCUT2D eigenvalue weighted by atomic mass is 16.5. The van der Waals surface area contributed by atoms with Crippen molar-refractivity contribution >= 4 is 23.2 Å². The van der Waals surface area contributed by atoms with E-state index in [9.17, 15) is 9.59 Å². The van der Waals surface area contributed by atoms with Gasteiger partial charge in [0, 0.05) is 29.8 Å². The van der Waals surface area contributed by atoms with Crippen molar-refractivity contribution in [3.05, 3.63) is 53.6 Å². The van der Waals surface area contributed by atoms with Gasteiger partial charge in [0.1, 0.15) is 0 Å². The standard InChI is InChI=1S/C20H22N4O4/c1-13-10-11-24(23-13)16-7-4-14(5-8-16)19(25)21-22-20(26)15-6-9-17(27-2)18(12-15)28-3/h4-9,12H,10-11H2,1-3H3,(H,21,25)(H,22,26). The number of nitrogens with one attached hydrogen (secondary N) is 2. The minimum atomic E-state index is -0.465. The second-order valence-electron chi connectivity index (χ2n) is 6.23. The number of rotatable bonds is 5. The molecule has 8 nitrogen and oxygen atoms in total. The lowest BCUT2D eigenvalue weighted by Gasteiger charge is -2.14. The first-order chi connectivity index (χ1) is 13.5. The maximum absolute atomic E-state index is 12.3. The highest BCUT2D eigenvalue weighted by Gasteiger charge is 2.15. The molecule has 0 bridgehead atoms. The van der Waals surface area contributed by atoms with Crippen molar-refractivity contribution < 1.29 is 19.1 Å². The van der Waals surface area contributed by atoms with Gasteiger partial charge in [-0.05, 0) is 49.4 Å². The van der Waals surface area contributed by atoms with Crippen LogP contribution in [0.5, 0.6) is 11.5 Å². The number of hydrogen-bond donors (Lipinski definition) is 2. The Morgan fingerprint density at radius 2 is 1.54 bits per heavy atom. The second-order valence-corrected chi connectivity index (χ2v) is 6.23. The van der Waals surface area contributed by atoms with Gasteiger partial charge in [-0.2, -0.15) is 5.10 Å². The molecule has 0 fully saturated rings. The zero-order valence-electron chi connectivity index (χ0n) is 16.0. The number of methoxy groups -OCH3 is 2. The molecule has 146 valence electrons. The molecule has 0 atom stereocenters. The third-order valence-electron chi connectivity index (χ3n) is 4.34. The molecule has 1 aliphatic rings. The molecule has 0 unspecified atom stereocenters. The van der Waals surface area contributed by atoms with Gasteiger partial charge >= 0.3 is 0 Å². The summed E-state index contributed by atoms with van der Waals surface area (Å²) in [5.74, 6) is 0.0619. The van der Waals surface area contributed by atoms with E-state index in [0.29, 0.717) is 22.6 Å². The van der Waals surface area contributed by atoms with Gasteiger partial charge in [0.2, 0.25) is 0 Å². The van der Waals surface area contributed by atoms with E-state index in [1.807, 2.05) is 24.1 Å². The smallest absolute Gasteiger partial charge is 0.269 e. The summed E-state index contributed by atoms with van der Waals surface area (Å²) >= 11 is 0. The van der Waals surface area contributed by atoms with Crippen molar-refractivity contribution in [2.45, 2.75) is 13.3 Å². The largest absolute Gasteiger partial charge is 0.493 e. The summed E-state index contributed by atoms with van der Waals surface area (Å²) in [5, 5.41) is 6.32. The summed E-state index contributed by atoms with van der Waals surface area (Å²) in [5.41, 5.74) is 7.56.